The summed E-state index contributed by atoms with van der Waals surface area (Å²) in [6.07, 6.45) is 5.25. The molecule has 5 rings (SSSR count). The van der Waals surface area contributed by atoms with Gasteiger partial charge in [0.2, 0.25) is 5.95 Å². The van der Waals surface area contributed by atoms with Crippen molar-refractivity contribution < 1.29 is 4.39 Å². The standard InChI is InChI=1S/C22H21FN6/c23-16-8-7-9-17(14-16)25-20-19-15-24-29(18-10-3-1-4-11-18)21(19)27-22(26-20)28-12-5-2-6-13-28/h1,3-4,7-11,14-15H,2,5-6,12-13H2,(H,25,26,27). The average molecular weight is 388 g/mol. The number of para-hydroxylation sites is 1. The normalized spacial score (nSPS) is 14.3. The number of fused-ring (bicyclic) bond motifs is 1. The highest BCUT2D eigenvalue weighted by molar-refractivity contribution is 5.90. The maximum absolute atomic E-state index is 13.7. The van der Waals surface area contributed by atoms with Crippen LogP contribution in [0.1, 0.15) is 19.3 Å². The second-order valence-corrected chi connectivity index (χ2v) is 7.18. The van der Waals surface area contributed by atoms with Crippen molar-refractivity contribution in [3.63, 3.8) is 0 Å². The fraction of sp³-hybridized carbons (Fsp3) is 0.227. The molecule has 6 nitrogen and oxygen atoms in total. The molecule has 0 bridgehead atoms. The van der Waals surface area contributed by atoms with Crippen LogP contribution in [0.2, 0.25) is 0 Å². The minimum atomic E-state index is -0.295. The van der Waals surface area contributed by atoms with Gasteiger partial charge in [-0.3, -0.25) is 0 Å². The summed E-state index contributed by atoms with van der Waals surface area (Å²) in [7, 11) is 0. The first-order chi connectivity index (χ1) is 14.3. The van der Waals surface area contributed by atoms with Crippen molar-refractivity contribution in [3.8, 4) is 5.69 Å². The molecule has 1 aliphatic rings. The van der Waals surface area contributed by atoms with Gasteiger partial charge < -0.3 is 10.2 Å². The van der Waals surface area contributed by atoms with E-state index in [2.05, 4.69) is 15.3 Å². The van der Waals surface area contributed by atoms with Gasteiger partial charge in [0.25, 0.3) is 0 Å². The van der Waals surface area contributed by atoms with Crippen molar-refractivity contribution in [2.45, 2.75) is 19.3 Å². The number of piperidine rings is 1. The number of nitrogens with one attached hydrogen (secondary N) is 1. The zero-order chi connectivity index (χ0) is 19.6. The Labute approximate surface area is 168 Å². The predicted molar refractivity (Wildman–Crippen MR) is 112 cm³/mol. The van der Waals surface area contributed by atoms with E-state index in [1.54, 1.807) is 12.3 Å². The maximum atomic E-state index is 13.7. The van der Waals surface area contributed by atoms with E-state index in [1.165, 1.54) is 18.6 Å². The molecule has 4 aromatic rings. The van der Waals surface area contributed by atoms with Gasteiger partial charge in [-0.05, 0) is 49.6 Å². The van der Waals surface area contributed by atoms with Crippen LogP contribution in [0.3, 0.4) is 0 Å². The molecule has 0 radical (unpaired) electrons. The van der Waals surface area contributed by atoms with Gasteiger partial charge in [0.1, 0.15) is 11.6 Å². The first-order valence-electron chi connectivity index (χ1n) is 9.87. The Balaban J connectivity index is 1.65. The van der Waals surface area contributed by atoms with Crippen molar-refractivity contribution in [2.75, 3.05) is 23.3 Å². The highest BCUT2D eigenvalue weighted by atomic mass is 19.1. The first kappa shape index (κ1) is 17.6. The predicted octanol–water partition coefficient (Wildman–Crippen LogP) is 4.69. The van der Waals surface area contributed by atoms with Crippen LogP contribution in [0.15, 0.2) is 60.8 Å². The molecule has 2 aromatic heterocycles. The van der Waals surface area contributed by atoms with E-state index in [0.29, 0.717) is 17.5 Å². The number of aromatic nitrogens is 4. The molecular formula is C22H21FN6. The third kappa shape index (κ3) is 3.51. The molecule has 0 atom stereocenters. The summed E-state index contributed by atoms with van der Waals surface area (Å²) in [5.41, 5.74) is 2.30. The quantitative estimate of drug-likeness (QED) is 0.550. The number of hydrogen-bond acceptors (Lipinski definition) is 5. The van der Waals surface area contributed by atoms with Gasteiger partial charge in [0.05, 0.1) is 17.3 Å². The van der Waals surface area contributed by atoms with Crippen molar-refractivity contribution in [1.82, 2.24) is 19.7 Å². The van der Waals surface area contributed by atoms with Crippen molar-refractivity contribution in [2.24, 2.45) is 0 Å². The van der Waals surface area contributed by atoms with Gasteiger partial charge in [-0.2, -0.15) is 15.1 Å². The zero-order valence-corrected chi connectivity index (χ0v) is 15.9. The molecule has 3 heterocycles. The van der Waals surface area contributed by atoms with E-state index < -0.39 is 0 Å². The van der Waals surface area contributed by atoms with E-state index >= 15 is 0 Å². The lowest BCUT2D eigenvalue weighted by Crippen LogP contribution is -2.31. The van der Waals surface area contributed by atoms with Crippen LogP contribution in [0.25, 0.3) is 16.7 Å². The molecule has 0 saturated carbocycles. The third-order valence-corrected chi connectivity index (χ3v) is 5.14. The lowest BCUT2D eigenvalue weighted by molar-refractivity contribution is 0.569. The van der Waals surface area contributed by atoms with Crippen LogP contribution in [-0.4, -0.2) is 32.8 Å². The van der Waals surface area contributed by atoms with Crippen LogP contribution >= 0.6 is 0 Å². The van der Waals surface area contributed by atoms with Crippen molar-refractivity contribution in [3.05, 3.63) is 66.6 Å². The van der Waals surface area contributed by atoms with Crippen molar-refractivity contribution in [1.29, 1.82) is 0 Å². The zero-order valence-electron chi connectivity index (χ0n) is 15.9. The second-order valence-electron chi connectivity index (χ2n) is 7.18. The number of rotatable bonds is 4. The first-order valence-corrected chi connectivity index (χ1v) is 9.87. The average Bonchev–Trinajstić information content (AvgIpc) is 3.19. The number of nitrogens with zero attached hydrogens (tertiary/aromatic N) is 5. The van der Waals surface area contributed by atoms with Crippen LogP contribution in [0, 0.1) is 5.82 Å². The summed E-state index contributed by atoms with van der Waals surface area (Å²) in [5, 5.41) is 8.60. The minimum absolute atomic E-state index is 0.295. The molecule has 29 heavy (non-hydrogen) atoms. The molecule has 1 aliphatic heterocycles. The van der Waals surface area contributed by atoms with Gasteiger partial charge in [0.15, 0.2) is 5.65 Å². The van der Waals surface area contributed by atoms with Crippen LogP contribution in [0.5, 0.6) is 0 Å². The largest absolute Gasteiger partial charge is 0.341 e. The van der Waals surface area contributed by atoms with Crippen molar-refractivity contribution >= 4 is 28.5 Å². The van der Waals surface area contributed by atoms with Gasteiger partial charge >= 0.3 is 0 Å². The monoisotopic (exact) mass is 388 g/mol. The lowest BCUT2D eigenvalue weighted by atomic mass is 10.1. The minimum Gasteiger partial charge on any atom is -0.341 e. The van der Waals surface area contributed by atoms with Gasteiger partial charge in [-0.25, -0.2) is 9.07 Å². The SMILES string of the molecule is Fc1cccc(Nc2nc(N3CCCCC3)nc3c2cnn3-c2ccccc2)c1. The van der Waals surface area contributed by atoms with E-state index in [-0.39, 0.29) is 5.82 Å². The Morgan fingerprint density at radius 3 is 2.52 bits per heavy atom. The number of benzene rings is 2. The summed E-state index contributed by atoms with van der Waals surface area (Å²) >= 11 is 0. The molecule has 1 saturated heterocycles. The summed E-state index contributed by atoms with van der Waals surface area (Å²) in [4.78, 5) is 11.9. The van der Waals surface area contributed by atoms with Crippen LogP contribution < -0.4 is 10.2 Å². The molecule has 0 aliphatic carbocycles. The van der Waals surface area contributed by atoms with Gasteiger partial charge in [0, 0.05) is 18.8 Å². The number of hydrogen-bond donors (Lipinski definition) is 1. The highest BCUT2D eigenvalue weighted by Crippen LogP contribution is 2.29. The second kappa shape index (κ2) is 7.50. The molecule has 2 aromatic carbocycles. The highest BCUT2D eigenvalue weighted by Gasteiger charge is 2.19. The van der Waals surface area contributed by atoms with Crippen LogP contribution in [-0.2, 0) is 0 Å². The molecule has 1 N–H and O–H groups in total. The maximum Gasteiger partial charge on any atom is 0.229 e. The molecule has 0 amide bonds. The molecule has 1 fully saturated rings. The lowest BCUT2D eigenvalue weighted by Gasteiger charge is -2.27. The topological polar surface area (TPSA) is 58.9 Å². The molecule has 146 valence electrons. The van der Waals surface area contributed by atoms with Gasteiger partial charge in [-0.15, -0.1) is 0 Å². The fourth-order valence-electron chi connectivity index (χ4n) is 3.69. The smallest absolute Gasteiger partial charge is 0.229 e. The summed E-state index contributed by atoms with van der Waals surface area (Å²) in [6.45, 7) is 1.87. The molecule has 7 heteroatoms. The Hall–Kier alpha value is -3.48. The van der Waals surface area contributed by atoms with E-state index in [4.69, 9.17) is 9.97 Å². The van der Waals surface area contributed by atoms with E-state index in [1.807, 2.05) is 41.1 Å². The summed E-state index contributed by atoms with van der Waals surface area (Å²) < 4.78 is 15.5. The Kier molecular flexibility index (Phi) is 4.56. The van der Waals surface area contributed by atoms with E-state index in [9.17, 15) is 4.39 Å². The Morgan fingerprint density at radius 1 is 0.897 bits per heavy atom. The molecule has 0 spiro atoms. The molecule has 0 unspecified atom stereocenters. The Bertz CT molecular complexity index is 1130. The summed E-state index contributed by atoms with van der Waals surface area (Å²) in [5.74, 6) is 1.01. The fourth-order valence-corrected chi connectivity index (χ4v) is 3.69. The molecular weight excluding hydrogens is 367 g/mol. The van der Waals surface area contributed by atoms with Gasteiger partial charge in [-0.1, -0.05) is 24.3 Å². The third-order valence-electron chi connectivity index (χ3n) is 5.14. The summed E-state index contributed by atoms with van der Waals surface area (Å²) in [6, 6.07) is 16.3. The Morgan fingerprint density at radius 2 is 1.72 bits per heavy atom. The number of halogens is 1. The van der Waals surface area contributed by atoms with E-state index in [0.717, 1.165) is 42.7 Å². The number of anilines is 3. The van der Waals surface area contributed by atoms with Crippen LogP contribution in [0.4, 0.5) is 21.8 Å².